The molecule has 3 heterocycles. The van der Waals surface area contributed by atoms with Gasteiger partial charge in [0, 0.05) is 13.5 Å². The van der Waals surface area contributed by atoms with Crippen molar-refractivity contribution in [2.24, 2.45) is 0 Å². The molecule has 0 bridgehead atoms. The molecule has 2 aromatic heterocycles. The van der Waals surface area contributed by atoms with Crippen molar-refractivity contribution in [2.45, 2.75) is 26.1 Å². The third kappa shape index (κ3) is 2.54. The van der Waals surface area contributed by atoms with Crippen LogP contribution in [0.15, 0.2) is 28.9 Å². The molecule has 3 aromatic rings. The van der Waals surface area contributed by atoms with Gasteiger partial charge in [-0.3, -0.25) is 4.79 Å². The van der Waals surface area contributed by atoms with Gasteiger partial charge in [-0.15, -0.1) is 10.2 Å². The van der Waals surface area contributed by atoms with Crippen LogP contribution in [-0.4, -0.2) is 50.2 Å². The van der Waals surface area contributed by atoms with Gasteiger partial charge in [-0.25, -0.2) is 4.98 Å². The fraction of sp³-hybridized carbons (Fsp3) is 0.375. The quantitative estimate of drug-likeness (QED) is 0.771. The van der Waals surface area contributed by atoms with Crippen molar-refractivity contribution in [3.05, 3.63) is 41.9 Å². The van der Waals surface area contributed by atoms with E-state index in [4.69, 9.17) is 9.15 Å². The predicted molar refractivity (Wildman–Crippen MR) is 84.3 cm³/mol. The first-order valence-corrected chi connectivity index (χ1v) is 7.78. The number of carbonyl (C=O) groups excluding carboxylic acids is 1. The highest BCUT2D eigenvalue weighted by molar-refractivity contribution is 6.04. The van der Waals surface area contributed by atoms with Crippen molar-refractivity contribution in [1.82, 2.24) is 25.1 Å². The number of carbonyl (C=O) groups is 1. The first kappa shape index (κ1) is 14.8. The number of rotatable bonds is 2. The van der Waals surface area contributed by atoms with E-state index in [0.29, 0.717) is 36.0 Å². The normalized spacial score (nSPS) is 21.3. The molecule has 0 aliphatic carbocycles. The molecule has 0 saturated carbocycles. The third-order valence-electron chi connectivity index (χ3n) is 4.04. The van der Waals surface area contributed by atoms with Crippen LogP contribution in [0, 0.1) is 6.92 Å². The molecule has 4 rings (SSSR count). The number of fused-ring (bicyclic) bond motifs is 1. The van der Waals surface area contributed by atoms with Gasteiger partial charge in [0.15, 0.2) is 6.10 Å². The first-order chi connectivity index (χ1) is 11.6. The van der Waals surface area contributed by atoms with Crippen molar-refractivity contribution < 1.29 is 13.9 Å². The van der Waals surface area contributed by atoms with Crippen LogP contribution in [-0.2, 0) is 4.74 Å². The zero-order valence-corrected chi connectivity index (χ0v) is 13.4. The van der Waals surface area contributed by atoms with E-state index < -0.39 is 6.10 Å². The number of hydrogen-bond acceptors (Lipinski definition) is 6. The van der Waals surface area contributed by atoms with Crippen LogP contribution in [0.2, 0.25) is 0 Å². The van der Waals surface area contributed by atoms with Crippen LogP contribution >= 0.6 is 0 Å². The highest BCUT2D eigenvalue weighted by Crippen LogP contribution is 2.26. The third-order valence-corrected chi connectivity index (χ3v) is 4.04. The second kappa shape index (κ2) is 5.72. The second-order valence-corrected chi connectivity index (χ2v) is 5.91. The zero-order valence-electron chi connectivity index (χ0n) is 13.4. The maximum Gasteiger partial charge on any atom is 0.256 e. The summed E-state index contributed by atoms with van der Waals surface area (Å²) in [5.41, 5.74) is 2.08. The molecule has 8 heteroatoms. The van der Waals surface area contributed by atoms with E-state index in [2.05, 4.69) is 20.2 Å². The average Bonchev–Trinajstić information content (AvgIpc) is 3.22. The lowest BCUT2D eigenvalue weighted by Crippen LogP contribution is -2.46. The molecular formula is C16H17N5O3. The summed E-state index contributed by atoms with van der Waals surface area (Å²) in [5.74, 6) is 0.796. The van der Waals surface area contributed by atoms with Gasteiger partial charge in [-0.2, -0.15) is 0 Å². The number of aryl methyl sites for hydroxylation is 1. The molecule has 1 aliphatic heterocycles. The zero-order chi connectivity index (χ0) is 16.7. The minimum Gasteiger partial charge on any atom is -0.423 e. The monoisotopic (exact) mass is 327 g/mol. The molecule has 1 fully saturated rings. The number of amides is 1. The lowest BCUT2D eigenvalue weighted by atomic mass is 10.1. The molecule has 1 N–H and O–H groups in total. The maximum atomic E-state index is 13.0. The Hall–Kier alpha value is -2.74. The molecule has 1 saturated heterocycles. The Kier molecular flexibility index (Phi) is 3.53. The van der Waals surface area contributed by atoms with Crippen LogP contribution < -0.4 is 0 Å². The Balaban J connectivity index is 1.63. The Morgan fingerprint density at radius 1 is 1.33 bits per heavy atom. The fourth-order valence-corrected chi connectivity index (χ4v) is 3.00. The topological polar surface area (TPSA) is 97.1 Å². The summed E-state index contributed by atoms with van der Waals surface area (Å²) >= 11 is 0. The maximum absolute atomic E-state index is 13.0. The van der Waals surface area contributed by atoms with Crippen LogP contribution in [0.25, 0.3) is 11.0 Å². The van der Waals surface area contributed by atoms with Gasteiger partial charge in [0.2, 0.25) is 11.8 Å². The molecular weight excluding hydrogens is 310 g/mol. The van der Waals surface area contributed by atoms with E-state index in [9.17, 15) is 4.79 Å². The molecule has 0 unspecified atom stereocenters. The Morgan fingerprint density at radius 3 is 3.00 bits per heavy atom. The van der Waals surface area contributed by atoms with Gasteiger partial charge in [0.1, 0.15) is 5.52 Å². The first-order valence-electron chi connectivity index (χ1n) is 7.78. The largest absolute Gasteiger partial charge is 0.423 e. The summed E-state index contributed by atoms with van der Waals surface area (Å²) in [5, 5.41) is 7.85. The van der Waals surface area contributed by atoms with E-state index >= 15 is 0 Å². The van der Waals surface area contributed by atoms with Gasteiger partial charge >= 0.3 is 0 Å². The summed E-state index contributed by atoms with van der Waals surface area (Å²) in [6, 6.07) is 5.53. The second-order valence-electron chi connectivity index (χ2n) is 5.91. The highest BCUT2D eigenvalue weighted by Gasteiger charge is 2.33. The summed E-state index contributed by atoms with van der Waals surface area (Å²) in [7, 11) is 0. The number of aromatic nitrogens is 4. The summed E-state index contributed by atoms with van der Waals surface area (Å²) in [6.07, 6.45) is 1.04. The molecule has 0 radical (unpaired) electrons. The van der Waals surface area contributed by atoms with Crippen molar-refractivity contribution in [1.29, 1.82) is 0 Å². The van der Waals surface area contributed by atoms with E-state index in [1.807, 2.05) is 19.1 Å². The molecule has 1 amide bonds. The summed E-state index contributed by atoms with van der Waals surface area (Å²) in [6.45, 7) is 4.52. The van der Waals surface area contributed by atoms with E-state index in [-0.39, 0.29) is 12.0 Å². The fourth-order valence-electron chi connectivity index (χ4n) is 3.00. The Labute approximate surface area is 137 Å². The van der Waals surface area contributed by atoms with Crippen LogP contribution in [0.5, 0.6) is 0 Å². The van der Waals surface area contributed by atoms with E-state index in [1.165, 1.54) is 0 Å². The van der Waals surface area contributed by atoms with Gasteiger partial charge in [0.05, 0.1) is 30.1 Å². The number of hydrogen-bond donors (Lipinski definition) is 1. The SMILES string of the molecule is Cc1nnc([C@H]2CN(C(=O)c3cccc4[nH]cnc34)C[C@@H](C)O2)o1. The number of para-hydroxylation sites is 1. The van der Waals surface area contributed by atoms with Gasteiger partial charge in [-0.1, -0.05) is 6.07 Å². The molecule has 0 spiro atoms. The summed E-state index contributed by atoms with van der Waals surface area (Å²) < 4.78 is 11.3. The average molecular weight is 327 g/mol. The highest BCUT2D eigenvalue weighted by atomic mass is 16.5. The molecule has 8 nitrogen and oxygen atoms in total. The predicted octanol–water partition coefficient (Wildman–Crippen LogP) is 1.86. The standard InChI is InChI=1S/C16H17N5O3/c1-9-6-21(7-13(23-9)15-20-19-10(2)24-15)16(22)11-4-3-5-12-14(11)18-8-17-12/h3-5,8-9,13H,6-7H2,1-2H3,(H,17,18)/t9-,13-/m1/s1. The van der Waals surface area contributed by atoms with Crippen molar-refractivity contribution in [3.63, 3.8) is 0 Å². The smallest absolute Gasteiger partial charge is 0.256 e. The lowest BCUT2D eigenvalue weighted by molar-refractivity contribution is -0.0796. The molecule has 124 valence electrons. The van der Waals surface area contributed by atoms with Crippen LogP contribution in [0.3, 0.4) is 0 Å². The molecule has 2 atom stereocenters. The van der Waals surface area contributed by atoms with E-state index in [0.717, 1.165) is 5.52 Å². The van der Waals surface area contributed by atoms with Gasteiger partial charge in [-0.05, 0) is 19.1 Å². The minimum atomic E-state index is -0.419. The number of aromatic amines is 1. The van der Waals surface area contributed by atoms with Gasteiger partial charge in [0.25, 0.3) is 5.91 Å². The lowest BCUT2D eigenvalue weighted by Gasteiger charge is -2.35. The van der Waals surface area contributed by atoms with Crippen LogP contribution in [0.1, 0.15) is 35.2 Å². The minimum absolute atomic E-state index is 0.0795. The number of imidazole rings is 1. The van der Waals surface area contributed by atoms with Gasteiger partial charge < -0.3 is 19.0 Å². The van der Waals surface area contributed by atoms with Crippen molar-refractivity contribution in [3.8, 4) is 0 Å². The number of nitrogens with one attached hydrogen (secondary N) is 1. The number of H-pyrrole nitrogens is 1. The number of ether oxygens (including phenoxy) is 1. The molecule has 1 aromatic carbocycles. The van der Waals surface area contributed by atoms with E-state index in [1.54, 1.807) is 24.2 Å². The number of morpholine rings is 1. The molecule has 24 heavy (non-hydrogen) atoms. The van der Waals surface area contributed by atoms with Crippen LogP contribution in [0.4, 0.5) is 0 Å². The van der Waals surface area contributed by atoms with Crippen molar-refractivity contribution in [2.75, 3.05) is 13.1 Å². The Bertz CT molecular complexity index is 887. The van der Waals surface area contributed by atoms with Crippen molar-refractivity contribution >= 4 is 16.9 Å². The Morgan fingerprint density at radius 2 is 2.21 bits per heavy atom. The summed E-state index contributed by atoms with van der Waals surface area (Å²) in [4.78, 5) is 22.0. The molecule has 1 aliphatic rings. The number of benzene rings is 1. The number of nitrogens with zero attached hydrogens (tertiary/aromatic N) is 4.